The molecule has 0 spiro atoms. The van der Waals surface area contributed by atoms with E-state index in [1.165, 1.54) is 23.1 Å². The second kappa shape index (κ2) is 8.53. The molecule has 0 saturated carbocycles. The highest BCUT2D eigenvalue weighted by Crippen LogP contribution is 2.29. The van der Waals surface area contributed by atoms with Crippen LogP contribution in [0.2, 0.25) is 0 Å². The number of carbonyl (C=O) groups excluding carboxylic acids is 2. The van der Waals surface area contributed by atoms with Gasteiger partial charge in [0.15, 0.2) is 0 Å². The maximum absolute atomic E-state index is 13.2. The smallest absolute Gasteiger partial charge is 0.232 e. The fourth-order valence-corrected chi connectivity index (χ4v) is 4.35. The van der Waals surface area contributed by atoms with Crippen molar-refractivity contribution in [2.24, 2.45) is 5.92 Å². The van der Waals surface area contributed by atoms with E-state index < -0.39 is 5.41 Å². The van der Waals surface area contributed by atoms with Crippen molar-refractivity contribution in [3.05, 3.63) is 71.7 Å². The molecular formula is C25H28FN3O2. The van der Waals surface area contributed by atoms with Crippen molar-refractivity contribution in [2.75, 3.05) is 19.6 Å². The Bertz CT molecular complexity index is 1090. The molecule has 6 heteroatoms. The van der Waals surface area contributed by atoms with Crippen LogP contribution in [-0.4, -0.2) is 41.3 Å². The quantitative estimate of drug-likeness (QED) is 0.636. The average Bonchev–Trinajstić information content (AvgIpc) is 3.41. The van der Waals surface area contributed by atoms with Gasteiger partial charge in [0.1, 0.15) is 5.82 Å². The first-order chi connectivity index (χ1) is 14.9. The molecule has 1 atom stereocenters. The molecule has 2 amide bonds. The zero-order valence-corrected chi connectivity index (χ0v) is 18.0. The van der Waals surface area contributed by atoms with Gasteiger partial charge in [-0.15, -0.1) is 0 Å². The second-order valence-corrected chi connectivity index (χ2v) is 8.77. The molecule has 2 aromatic carbocycles. The maximum Gasteiger partial charge on any atom is 0.232 e. The van der Waals surface area contributed by atoms with Gasteiger partial charge in [0, 0.05) is 36.7 Å². The van der Waals surface area contributed by atoms with E-state index in [0.29, 0.717) is 26.1 Å². The van der Waals surface area contributed by atoms with Gasteiger partial charge in [0.25, 0.3) is 0 Å². The molecule has 1 saturated heterocycles. The summed E-state index contributed by atoms with van der Waals surface area (Å²) in [7, 11) is 0. The molecule has 1 fully saturated rings. The summed E-state index contributed by atoms with van der Waals surface area (Å²) in [4.78, 5) is 30.8. The third-order valence-electron chi connectivity index (χ3n) is 6.32. The number of rotatable bonds is 6. The fraction of sp³-hybridized carbons (Fsp3) is 0.360. The second-order valence-electron chi connectivity index (χ2n) is 8.77. The summed E-state index contributed by atoms with van der Waals surface area (Å²) in [5, 5.41) is 4.21. The molecule has 0 aliphatic carbocycles. The molecule has 1 aromatic heterocycles. The van der Waals surface area contributed by atoms with E-state index >= 15 is 0 Å². The van der Waals surface area contributed by atoms with E-state index in [9.17, 15) is 14.0 Å². The van der Waals surface area contributed by atoms with E-state index in [1.807, 2.05) is 38.2 Å². The third kappa shape index (κ3) is 4.33. The van der Waals surface area contributed by atoms with Gasteiger partial charge in [0.2, 0.25) is 11.8 Å². The van der Waals surface area contributed by atoms with Gasteiger partial charge in [-0.1, -0.05) is 30.3 Å². The number of hydrogen-bond acceptors (Lipinski definition) is 2. The van der Waals surface area contributed by atoms with Crippen LogP contribution in [0.3, 0.4) is 0 Å². The van der Waals surface area contributed by atoms with Gasteiger partial charge in [-0.3, -0.25) is 9.59 Å². The Hall–Kier alpha value is -3.15. The Labute approximate surface area is 181 Å². The average molecular weight is 422 g/mol. The lowest BCUT2D eigenvalue weighted by molar-refractivity contribution is -0.135. The standard InChI is InChI=1S/C25H28FN3O2/c1-25(2,19-7-9-20(26)10-8-19)24(31)29-14-12-18(16-29)23(30)27-13-11-17-15-28-22-6-4-3-5-21(17)22/h3-10,15,18,28H,11-14,16H2,1-2H3,(H,27,30). The van der Waals surface area contributed by atoms with Gasteiger partial charge in [-0.05, 0) is 56.0 Å². The van der Waals surface area contributed by atoms with E-state index in [0.717, 1.165) is 17.5 Å². The number of para-hydroxylation sites is 1. The molecule has 0 bridgehead atoms. The monoisotopic (exact) mass is 421 g/mol. The number of likely N-dealkylation sites (tertiary alicyclic amines) is 1. The number of fused-ring (bicyclic) bond motifs is 1. The normalized spacial score (nSPS) is 16.6. The Morgan fingerprint density at radius 1 is 1.16 bits per heavy atom. The Morgan fingerprint density at radius 2 is 1.90 bits per heavy atom. The predicted octanol–water partition coefficient (Wildman–Crippen LogP) is 3.79. The van der Waals surface area contributed by atoms with Crippen LogP contribution in [0.4, 0.5) is 4.39 Å². The Kier molecular flexibility index (Phi) is 5.81. The molecule has 5 nitrogen and oxygen atoms in total. The first kappa shape index (κ1) is 21.1. The summed E-state index contributed by atoms with van der Waals surface area (Å²) in [5.41, 5.74) is 2.28. The van der Waals surface area contributed by atoms with E-state index in [1.54, 1.807) is 17.0 Å². The molecule has 2 heterocycles. The molecule has 4 rings (SSSR count). The van der Waals surface area contributed by atoms with Crippen LogP contribution in [-0.2, 0) is 21.4 Å². The number of halogens is 1. The molecule has 3 aromatic rings. The molecule has 0 radical (unpaired) electrons. The third-order valence-corrected chi connectivity index (χ3v) is 6.32. The number of carbonyl (C=O) groups is 2. The molecular weight excluding hydrogens is 393 g/mol. The van der Waals surface area contributed by atoms with Crippen molar-refractivity contribution in [3.8, 4) is 0 Å². The lowest BCUT2D eigenvalue weighted by Crippen LogP contribution is -2.43. The SMILES string of the molecule is CC(C)(C(=O)N1CCC(C(=O)NCCc2c[nH]c3ccccc23)C1)c1ccc(F)cc1. The van der Waals surface area contributed by atoms with E-state index in [2.05, 4.69) is 16.4 Å². The van der Waals surface area contributed by atoms with Crippen LogP contribution in [0.25, 0.3) is 10.9 Å². The van der Waals surface area contributed by atoms with Gasteiger partial charge < -0.3 is 15.2 Å². The lowest BCUT2D eigenvalue weighted by atomic mass is 9.83. The molecule has 162 valence electrons. The summed E-state index contributed by atoms with van der Waals surface area (Å²) in [6, 6.07) is 14.2. The fourth-order valence-electron chi connectivity index (χ4n) is 4.35. The summed E-state index contributed by atoms with van der Waals surface area (Å²) in [6.45, 7) is 5.23. The minimum atomic E-state index is -0.769. The molecule has 2 N–H and O–H groups in total. The van der Waals surface area contributed by atoms with Crippen LogP contribution >= 0.6 is 0 Å². The van der Waals surface area contributed by atoms with Gasteiger partial charge in [-0.2, -0.15) is 0 Å². The number of benzene rings is 2. The summed E-state index contributed by atoms with van der Waals surface area (Å²) >= 11 is 0. The molecule has 31 heavy (non-hydrogen) atoms. The predicted molar refractivity (Wildman–Crippen MR) is 119 cm³/mol. The number of aromatic amines is 1. The van der Waals surface area contributed by atoms with Crippen molar-refractivity contribution < 1.29 is 14.0 Å². The number of nitrogens with one attached hydrogen (secondary N) is 2. The van der Waals surface area contributed by atoms with Crippen molar-refractivity contribution in [1.82, 2.24) is 15.2 Å². The summed E-state index contributed by atoms with van der Waals surface area (Å²) in [5.74, 6) is -0.559. The number of hydrogen-bond donors (Lipinski definition) is 2. The minimum Gasteiger partial charge on any atom is -0.361 e. The van der Waals surface area contributed by atoms with Crippen molar-refractivity contribution >= 4 is 22.7 Å². The van der Waals surface area contributed by atoms with Crippen LogP contribution in [0.1, 0.15) is 31.4 Å². The summed E-state index contributed by atoms with van der Waals surface area (Å²) in [6.07, 6.45) is 3.40. The zero-order valence-electron chi connectivity index (χ0n) is 18.0. The van der Waals surface area contributed by atoms with Crippen LogP contribution in [0.15, 0.2) is 54.7 Å². The van der Waals surface area contributed by atoms with E-state index in [4.69, 9.17) is 0 Å². The van der Waals surface area contributed by atoms with E-state index in [-0.39, 0.29) is 23.5 Å². The first-order valence-electron chi connectivity index (χ1n) is 10.7. The zero-order chi connectivity index (χ0) is 22.0. The lowest BCUT2D eigenvalue weighted by Gasteiger charge is -2.29. The van der Waals surface area contributed by atoms with Crippen molar-refractivity contribution in [3.63, 3.8) is 0 Å². The molecule has 1 aliphatic rings. The molecule has 1 aliphatic heterocycles. The van der Waals surface area contributed by atoms with Crippen LogP contribution in [0.5, 0.6) is 0 Å². The topological polar surface area (TPSA) is 65.2 Å². The number of amides is 2. The maximum atomic E-state index is 13.2. The highest BCUT2D eigenvalue weighted by molar-refractivity contribution is 5.89. The number of aromatic nitrogens is 1. The van der Waals surface area contributed by atoms with Gasteiger partial charge >= 0.3 is 0 Å². The Balaban J connectivity index is 1.31. The number of nitrogens with zero attached hydrogens (tertiary/aromatic N) is 1. The Morgan fingerprint density at radius 3 is 2.68 bits per heavy atom. The molecule has 1 unspecified atom stereocenters. The van der Waals surface area contributed by atoms with Crippen LogP contribution < -0.4 is 5.32 Å². The summed E-state index contributed by atoms with van der Waals surface area (Å²) < 4.78 is 13.2. The van der Waals surface area contributed by atoms with Crippen molar-refractivity contribution in [2.45, 2.75) is 32.1 Å². The minimum absolute atomic E-state index is 0.00488. The number of H-pyrrole nitrogens is 1. The highest BCUT2D eigenvalue weighted by Gasteiger charge is 2.38. The van der Waals surface area contributed by atoms with Gasteiger partial charge in [-0.25, -0.2) is 4.39 Å². The highest BCUT2D eigenvalue weighted by atomic mass is 19.1. The van der Waals surface area contributed by atoms with Gasteiger partial charge in [0.05, 0.1) is 11.3 Å². The van der Waals surface area contributed by atoms with Crippen molar-refractivity contribution in [1.29, 1.82) is 0 Å². The van der Waals surface area contributed by atoms with Crippen LogP contribution in [0, 0.1) is 11.7 Å². The first-order valence-corrected chi connectivity index (χ1v) is 10.7. The largest absolute Gasteiger partial charge is 0.361 e.